The molecule has 64 valence electrons. The summed E-state index contributed by atoms with van der Waals surface area (Å²) in [6, 6.07) is 1.89. The highest BCUT2D eigenvalue weighted by Gasteiger charge is 2.11. The summed E-state index contributed by atoms with van der Waals surface area (Å²) >= 11 is 1.40. The molecule has 0 aliphatic heterocycles. The van der Waals surface area contributed by atoms with E-state index in [1.165, 1.54) is 18.3 Å². The first-order valence-electron chi connectivity index (χ1n) is 3.68. The van der Waals surface area contributed by atoms with Gasteiger partial charge in [0.15, 0.2) is 5.78 Å². The molecule has 0 atom stereocenters. The Morgan fingerprint density at radius 3 is 2.58 bits per heavy atom. The van der Waals surface area contributed by atoms with Crippen LogP contribution in [0, 0.1) is 6.92 Å². The van der Waals surface area contributed by atoms with Crippen LogP contribution >= 0.6 is 11.3 Å². The zero-order chi connectivity index (χ0) is 9.14. The maximum absolute atomic E-state index is 11.3. The summed E-state index contributed by atoms with van der Waals surface area (Å²) in [4.78, 5) is 22.7. The normalized spacial score (nSPS) is 9.83. The summed E-state index contributed by atoms with van der Waals surface area (Å²) in [5, 5.41) is 1.86. The summed E-state index contributed by atoms with van der Waals surface area (Å²) in [6.07, 6.45) is 0.0291. The van der Waals surface area contributed by atoms with Gasteiger partial charge in [0.2, 0.25) is 0 Å². The predicted molar refractivity (Wildman–Crippen MR) is 48.7 cm³/mol. The third-order valence-electron chi connectivity index (χ3n) is 1.52. The fourth-order valence-corrected chi connectivity index (χ4v) is 1.83. The van der Waals surface area contributed by atoms with Crippen molar-refractivity contribution in [2.45, 2.75) is 20.3 Å². The topological polar surface area (TPSA) is 34.1 Å². The van der Waals surface area contributed by atoms with Crippen LogP contribution in [-0.2, 0) is 4.79 Å². The molecule has 0 aliphatic carbocycles. The molecule has 1 aromatic rings. The number of aryl methyl sites for hydroxylation is 1. The highest BCUT2D eigenvalue weighted by atomic mass is 32.1. The lowest BCUT2D eigenvalue weighted by atomic mass is 10.1. The van der Waals surface area contributed by atoms with E-state index in [1.807, 2.05) is 18.4 Å². The molecule has 0 radical (unpaired) electrons. The molecule has 0 saturated heterocycles. The third-order valence-corrected chi connectivity index (χ3v) is 2.58. The van der Waals surface area contributed by atoms with E-state index >= 15 is 0 Å². The van der Waals surface area contributed by atoms with Gasteiger partial charge in [0.1, 0.15) is 5.78 Å². The van der Waals surface area contributed by atoms with E-state index in [9.17, 15) is 9.59 Å². The molecule has 0 aliphatic rings. The molecule has 1 rings (SSSR count). The van der Waals surface area contributed by atoms with Gasteiger partial charge in [-0.1, -0.05) is 0 Å². The number of rotatable bonds is 3. The van der Waals surface area contributed by atoms with E-state index in [2.05, 4.69) is 0 Å². The average molecular weight is 182 g/mol. The van der Waals surface area contributed by atoms with Crippen LogP contribution < -0.4 is 0 Å². The molecule has 0 aromatic carbocycles. The van der Waals surface area contributed by atoms with E-state index in [0.717, 1.165) is 5.56 Å². The molecule has 3 heteroatoms. The standard InChI is InChI=1S/C9H10O2S/c1-6-3-4-12-9(6)8(11)5-7(2)10/h3-4H,5H2,1-2H3. The van der Waals surface area contributed by atoms with Gasteiger partial charge in [0.25, 0.3) is 0 Å². The van der Waals surface area contributed by atoms with Gasteiger partial charge in [-0.15, -0.1) is 11.3 Å². The molecule has 12 heavy (non-hydrogen) atoms. The van der Waals surface area contributed by atoms with Crippen LogP contribution in [0.3, 0.4) is 0 Å². The van der Waals surface area contributed by atoms with Crippen molar-refractivity contribution in [3.63, 3.8) is 0 Å². The Hall–Kier alpha value is -0.960. The zero-order valence-electron chi connectivity index (χ0n) is 7.09. The summed E-state index contributed by atoms with van der Waals surface area (Å²) in [5.41, 5.74) is 0.964. The van der Waals surface area contributed by atoms with Crippen molar-refractivity contribution in [3.05, 3.63) is 21.9 Å². The Morgan fingerprint density at radius 1 is 1.50 bits per heavy atom. The second-order valence-electron chi connectivity index (χ2n) is 2.73. The minimum atomic E-state index is -0.0761. The molecule has 1 heterocycles. The number of Topliss-reactive ketones (excluding diaryl/α,β-unsaturated/α-hetero) is 2. The van der Waals surface area contributed by atoms with Crippen LogP contribution in [-0.4, -0.2) is 11.6 Å². The van der Waals surface area contributed by atoms with Crippen LogP contribution in [0.2, 0.25) is 0 Å². The Balaban J connectivity index is 2.78. The lowest BCUT2D eigenvalue weighted by Gasteiger charge is -1.94. The molecule has 0 spiro atoms. The van der Waals surface area contributed by atoms with Crippen molar-refractivity contribution in [3.8, 4) is 0 Å². The molecule has 0 amide bonds. The number of hydrogen-bond acceptors (Lipinski definition) is 3. The smallest absolute Gasteiger partial charge is 0.180 e. The van der Waals surface area contributed by atoms with Crippen molar-refractivity contribution in [2.75, 3.05) is 0 Å². The van der Waals surface area contributed by atoms with Crippen molar-refractivity contribution >= 4 is 22.9 Å². The zero-order valence-corrected chi connectivity index (χ0v) is 7.90. The van der Waals surface area contributed by atoms with Crippen molar-refractivity contribution in [1.29, 1.82) is 0 Å². The van der Waals surface area contributed by atoms with Crippen molar-refractivity contribution < 1.29 is 9.59 Å². The largest absolute Gasteiger partial charge is 0.300 e. The molecule has 0 unspecified atom stereocenters. The minimum Gasteiger partial charge on any atom is -0.300 e. The number of thiophene rings is 1. The van der Waals surface area contributed by atoms with Crippen molar-refractivity contribution in [2.24, 2.45) is 0 Å². The van der Waals surface area contributed by atoms with Gasteiger partial charge in [0, 0.05) is 0 Å². The first-order valence-corrected chi connectivity index (χ1v) is 4.56. The van der Waals surface area contributed by atoms with Crippen LogP contribution in [0.25, 0.3) is 0 Å². The summed E-state index contributed by atoms with van der Waals surface area (Å²) in [6.45, 7) is 3.31. The highest BCUT2D eigenvalue weighted by Crippen LogP contribution is 2.17. The van der Waals surface area contributed by atoms with E-state index in [-0.39, 0.29) is 18.0 Å². The number of ketones is 2. The Labute approximate surface area is 75.2 Å². The Kier molecular flexibility index (Phi) is 2.76. The first-order chi connectivity index (χ1) is 5.61. The SMILES string of the molecule is CC(=O)CC(=O)c1sccc1C. The van der Waals surface area contributed by atoms with Gasteiger partial charge in [-0.25, -0.2) is 0 Å². The highest BCUT2D eigenvalue weighted by molar-refractivity contribution is 7.12. The maximum Gasteiger partial charge on any atom is 0.180 e. The molecular formula is C9H10O2S. The van der Waals surface area contributed by atoms with Gasteiger partial charge >= 0.3 is 0 Å². The molecule has 1 aromatic heterocycles. The van der Waals surface area contributed by atoms with Gasteiger partial charge in [-0.2, -0.15) is 0 Å². The van der Waals surface area contributed by atoms with E-state index in [0.29, 0.717) is 4.88 Å². The molecule has 0 saturated carbocycles. The molecule has 0 fully saturated rings. The summed E-state index contributed by atoms with van der Waals surface area (Å²) < 4.78 is 0. The number of carbonyl (C=O) groups excluding carboxylic acids is 2. The quantitative estimate of drug-likeness (QED) is 0.530. The molecular weight excluding hydrogens is 172 g/mol. The Morgan fingerprint density at radius 2 is 2.17 bits per heavy atom. The van der Waals surface area contributed by atoms with Crippen LogP contribution in [0.4, 0.5) is 0 Å². The lowest BCUT2D eigenvalue weighted by molar-refractivity contribution is -0.116. The minimum absolute atomic E-state index is 0.0291. The maximum atomic E-state index is 11.3. The van der Waals surface area contributed by atoms with Crippen LogP contribution in [0.15, 0.2) is 11.4 Å². The van der Waals surface area contributed by atoms with Gasteiger partial charge in [-0.05, 0) is 30.9 Å². The first kappa shape index (κ1) is 9.13. The fraction of sp³-hybridized carbons (Fsp3) is 0.333. The fourth-order valence-electron chi connectivity index (χ4n) is 0.965. The molecule has 0 N–H and O–H groups in total. The molecule has 0 bridgehead atoms. The average Bonchev–Trinajstić information content (AvgIpc) is 2.33. The van der Waals surface area contributed by atoms with Gasteiger partial charge < -0.3 is 0 Å². The Bertz CT molecular complexity index is 312. The predicted octanol–water partition coefficient (Wildman–Crippen LogP) is 2.22. The van der Waals surface area contributed by atoms with Gasteiger partial charge in [-0.3, -0.25) is 9.59 Å². The van der Waals surface area contributed by atoms with Crippen LogP contribution in [0.5, 0.6) is 0 Å². The number of hydrogen-bond donors (Lipinski definition) is 0. The monoisotopic (exact) mass is 182 g/mol. The van der Waals surface area contributed by atoms with Crippen molar-refractivity contribution in [1.82, 2.24) is 0 Å². The van der Waals surface area contributed by atoms with Crippen LogP contribution in [0.1, 0.15) is 28.6 Å². The number of carbonyl (C=O) groups is 2. The summed E-state index contributed by atoms with van der Waals surface area (Å²) in [7, 11) is 0. The van der Waals surface area contributed by atoms with E-state index < -0.39 is 0 Å². The van der Waals surface area contributed by atoms with E-state index in [4.69, 9.17) is 0 Å². The second-order valence-corrected chi connectivity index (χ2v) is 3.65. The summed E-state index contributed by atoms with van der Waals surface area (Å²) in [5.74, 6) is -0.136. The third kappa shape index (κ3) is 2.01. The van der Waals surface area contributed by atoms with E-state index in [1.54, 1.807) is 0 Å². The second kappa shape index (κ2) is 3.63. The van der Waals surface area contributed by atoms with Gasteiger partial charge in [0.05, 0.1) is 11.3 Å². The lowest BCUT2D eigenvalue weighted by Crippen LogP contribution is -2.03. The molecule has 2 nitrogen and oxygen atoms in total.